The van der Waals surface area contributed by atoms with E-state index in [9.17, 15) is 15.2 Å². The second-order valence-corrected chi connectivity index (χ2v) is 8.80. The molecule has 1 aliphatic rings. The Bertz CT molecular complexity index is 1000. The zero-order valence-electron chi connectivity index (χ0n) is 16.1. The van der Waals surface area contributed by atoms with Crippen LogP contribution in [0.15, 0.2) is 24.3 Å². The number of non-ortho nitro benzene ring substituents is 1. The zero-order valence-corrected chi connectivity index (χ0v) is 16.9. The van der Waals surface area contributed by atoms with Gasteiger partial charge in [-0.1, -0.05) is 37.3 Å². The second-order valence-electron chi connectivity index (χ2n) is 7.79. The molecule has 2 aromatic heterocycles. The van der Waals surface area contributed by atoms with E-state index in [0.29, 0.717) is 22.6 Å². The number of aromatic nitrogens is 3. The fourth-order valence-electron chi connectivity index (χ4n) is 4.25. The molecule has 8 nitrogen and oxygen atoms in total. The molecule has 4 rings (SSSR count). The average Bonchev–Trinajstić information content (AvgIpc) is 3.13. The molecule has 1 N–H and O–H groups in total. The molecule has 0 spiro atoms. The highest BCUT2D eigenvalue weighted by molar-refractivity contribution is 7.17. The third kappa shape index (κ3) is 3.35. The third-order valence-corrected chi connectivity index (χ3v) is 6.31. The Morgan fingerprint density at radius 3 is 2.46 bits per heavy atom. The molecule has 0 unspecified atom stereocenters. The Labute approximate surface area is 166 Å². The van der Waals surface area contributed by atoms with E-state index in [1.165, 1.54) is 34.4 Å². The maximum absolute atomic E-state index is 11.0. The summed E-state index contributed by atoms with van der Waals surface area (Å²) in [4.78, 5) is 18.8. The molecule has 28 heavy (non-hydrogen) atoms. The van der Waals surface area contributed by atoms with E-state index in [2.05, 4.69) is 28.8 Å². The van der Waals surface area contributed by atoms with Crippen LogP contribution in [0.2, 0.25) is 0 Å². The van der Waals surface area contributed by atoms with Crippen LogP contribution in [0.1, 0.15) is 42.6 Å². The largest absolute Gasteiger partial charge is 0.492 e. The Morgan fingerprint density at radius 1 is 1.25 bits per heavy atom. The summed E-state index contributed by atoms with van der Waals surface area (Å²) in [6, 6.07) is 6.43. The summed E-state index contributed by atoms with van der Waals surface area (Å²) in [5.41, 5.74) is 0.980. The summed E-state index contributed by atoms with van der Waals surface area (Å²) >= 11 is 1.42. The number of nitro benzene ring substituents is 1. The fraction of sp³-hybridized carbons (Fsp3) is 0.474. The van der Waals surface area contributed by atoms with Crippen LogP contribution in [-0.4, -0.2) is 42.6 Å². The number of aryl methyl sites for hydroxylation is 1. The first kappa shape index (κ1) is 18.8. The summed E-state index contributed by atoms with van der Waals surface area (Å²) in [5.74, 6) is 1.78. The maximum atomic E-state index is 11.0. The topological polar surface area (TPSA) is 96.8 Å². The minimum Gasteiger partial charge on any atom is -0.492 e. The molecule has 0 saturated carbocycles. The van der Waals surface area contributed by atoms with Gasteiger partial charge in [0.05, 0.1) is 15.8 Å². The Balaban J connectivity index is 1.81. The Morgan fingerprint density at radius 2 is 1.89 bits per heavy atom. The first-order valence-corrected chi connectivity index (χ1v) is 10.2. The normalized spacial score (nSPS) is 21.8. The minimum atomic E-state index is -0.396. The Hall–Kier alpha value is -2.52. The molecule has 1 aromatic carbocycles. The van der Waals surface area contributed by atoms with Gasteiger partial charge in [0.15, 0.2) is 0 Å². The van der Waals surface area contributed by atoms with Gasteiger partial charge in [-0.05, 0) is 30.7 Å². The van der Waals surface area contributed by atoms with Crippen molar-refractivity contribution in [1.29, 1.82) is 0 Å². The van der Waals surface area contributed by atoms with Crippen molar-refractivity contribution in [2.75, 3.05) is 13.1 Å². The molecule has 148 valence electrons. The number of nitrogens with zero attached hydrogens (tertiary/aromatic N) is 5. The van der Waals surface area contributed by atoms with Crippen molar-refractivity contribution in [2.24, 2.45) is 11.8 Å². The van der Waals surface area contributed by atoms with Gasteiger partial charge in [0, 0.05) is 25.2 Å². The molecule has 1 saturated heterocycles. The molecule has 3 heterocycles. The van der Waals surface area contributed by atoms with Crippen LogP contribution in [0.25, 0.3) is 4.96 Å². The second kappa shape index (κ2) is 7.14. The minimum absolute atomic E-state index is 0.0605. The van der Waals surface area contributed by atoms with Gasteiger partial charge in [0.25, 0.3) is 5.69 Å². The van der Waals surface area contributed by atoms with Crippen LogP contribution in [0.4, 0.5) is 5.69 Å². The number of likely N-dealkylation sites (tertiary alicyclic amines) is 1. The van der Waals surface area contributed by atoms with E-state index in [1.807, 2.05) is 0 Å². The molecular weight excluding hydrogens is 378 g/mol. The smallest absolute Gasteiger partial charge is 0.269 e. The van der Waals surface area contributed by atoms with E-state index in [1.54, 1.807) is 19.1 Å². The highest BCUT2D eigenvalue weighted by atomic mass is 32.1. The number of thiazole rings is 1. The molecule has 1 fully saturated rings. The van der Waals surface area contributed by atoms with Gasteiger partial charge in [-0.2, -0.15) is 4.52 Å². The SMILES string of the molecule is Cc1nc2sc([C@@H](c3ccc([N+](=O)[O-])cc3)N3C[C@@H](C)C[C@H](C)C3)c(O)n2n1. The first-order valence-electron chi connectivity index (χ1n) is 9.37. The van der Waals surface area contributed by atoms with Crippen LogP contribution in [0, 0.1) is 28.9 Å². The monoisotopic (exact) mass is 401 g/mol. The highest BCUT2D eigenvalue weighted by Gasteiger charge is 2.33. The van der Waals surface area contributed by atoms with E-state index >= 15 is 0 Å². The fourth-order valence-corrected chi connectivity index (χ4v) is 5.42. The predicted octanol–water partition coefficient (Wildman–Crippen LogP) is 3.78. The van der Waals surface area contributed by atoms with Gasteiger partial charge in [0.1, 0.15) is 5.82 Å². The Kier molecular flexibility index (Phi) is 4.80. The van der Waals surface area contributed by atoms with Crippen molar-refractivity contribution in [2.45, 2.75) is 33.2 Å². The van der Waals surface area contributed by atoms with E-state index in [4.69, 9.17) is 0 Å². The van der Waals surface area contributed by atoms with Crippen LogP contribution >= 0.6 is 11.3 Å². The van der Waals surface area contributed by atoms with E-state index in [0.717, 1.165) is 23.5 Å². The van der Waals surface area contributed by atoms with Crippen molar-refractivity contribution in [3.63, 3.8) is 0 Å². The van der Waals surface area contributed by atoms with Crippen molar-refractivity contribution < 1.29 is 10.0 Å². The molecule has 1 aliphatic heterocycles. The van der Waals surface area contributed by atoms with E-state index < -0.39 is 4.92 Å². The van der Waals surface area contributed by atoms with Crippen LogP contribution in [0.5, 0.6) is 5.88 Å². The van der Waals surface area contributed by atoms with Crippen LogP contribution in [0.3, 0.4) is 0 Å². The molecule has 0 amide bonds. The number of piperidine rings is 1. The number of hydrogen-bond acceptors (Lipinski definition) is 7. The number of rotatable bonds is 4. The lowest BCUT2D eigenvalue weighted by Gasteiger charge is -2.40. The predicted molar refractivity (Wildman–Crippen MR) is 107 cm³/mol. The maximum Gasteiger partial charge on any atom is 0.269 e. The summed E-state index contributed by atoms with van der Waals surface area (Å²) in [7, 11) is 0. The van der Waals surface area contributed by atoms with Crippen LogP contribution in [-0.2, 0) is 0 Å². The van der Waals surface area contributed by atoms with Gasteiger partial charge >= 0.3 is 0 Å². The summed E-state index contributed by atoms with van der Waals surface area (Å²) in [5, 5.41) is 26.2. The molecule has 0 radical (unpaired) electrons. The third-order valence-electron chi connectivity index (χ3n) is 5.24. The number of fused-ring (bicyclic) bond motifs is 1. The molecule has 0 bridgehead atoms. The molecule has 3 atom stereocenters. The lowest BCUT2D eigenvalue weighted by atomic mass is 9.89. The van der Waals surface area contributed by atoms with Gasteiger partial charge in [-0.15, -0.1) is 5.10 Å². The molecular formula is C19H23N5O3S. The van der Waals surface area contributed by atoms with Crippen molar-refractivity contribution in [3.8, 4) is 5.88 Å². The van der Waals surface area contributed by atoms with Gasteiger partial charge in [-0.25, -0.2) is 4.98 Å². The first-order chi connectivity index (χ1) is 13.3. The van der Waals surface area contributed by atoms with Crippen LogP contribution < -0.4 is 0 Å². The van der Waals surface area contributed by atoms with E-state index in [-0.39, 0.29) is 17.6 Å². The molecule has 0 aliphatic carbocycles. The lowest BCUT2D eigenvalue weighted by molar-refractivity contribution is -0.384. The zero-order chi connectivity index (χ0) is 20.0. The van der Waals surface area contributed by atoms with Gasteiger partial charge in [-0.3, -0.25) is 15.0 Å². The van der Waals surface area contributed by atoms with Gasteiger partial charge < -0.3 is 5.11 Å². The lowest BCUT2D eigenvalue weighted by Crippen LogP contribution is -2.41. The number of hydrogen-bond donors (Lipinski definition) is 1. The van der Waals surface area contributed by atoms with Crippen molar-refractivity contribution in [3.05, 3.63) is 50.6 Å². The molecule has 9 heteroatoms. The summed E-state index contributed by atoms with van der Waals surface area (Å²) in [6.45, 7) is 8.07. The van der Waals surface area contributed by atoms with Crippen molar-refractivity contribution >= 4 is 22.0 Å². The van der Waals surface area contributed by atoms with Crippen molar-refractivity contribution in [1.82, 2.24) is 19.5 Å². The standard InChI is InChI=1S/C19H23N5O3S/c1-11-8-12(2)10-22(9-11)16(14-4-6-15(7-5-14)24(26)27)17-18(25)23-19(28-17)20-13(3)21-23/h4-7,11-12,16,25H,8-10H2,1-3H3/t11-,12-,16+/m0/s1. The summed E-state index contributed by atoms with van der Waals surface area (Å²) in [6.07, 6.45) is 1.17. The number of nitro groups is 1. The summed E-state index contributed by atoms with van der Waals surface area (Å²) < 4.78 is 1.48. The number of benzene rings is 1. The van der Waals surface area contributed by atoms with Gasteiger partial charge in [0.2, 0.25) is 10.8 Å². The quantitative estimate of drug-likeness (QED) is 0.528. The molecule has 3 aromatic rings. The average molecular weight is 401 g/mol. The highest BCUT2D eigenvalue weighted by Crippen LogP contribution is 2.42. The number of aromatic hydroxyl groups is 1.